The first-order valence-electron chi connectivity index (χ1n) is 11.9. The van der Waals surface area contributed by atoms with Gasteiger partial charge in [0.1, 0.15) is 11.5 Å². The Hall–Kier alpha value is -3.60. The minimum atomic E-state index is -3.89. The van der Waals surface area contributed by atoms with Gasteiger partial charge in [-0.1, -0.05) is 18.2 Å². The van der Waals surface area contributed by atoms with E-state index in [-0.39, 0.29) is 22.4 Å². The number of amides is 1. The number of hydrogen-bond acceptors (Lipinski definition) is 7. The molecule has 37 heavy (non-hydrogen) atoms. The Morgan fingerprint density at radius 2 is 1.57 bits per heavy atom. The maximum Gasteiger partial charge on any atom is 0.261 e. The van der Waals surface area contributed by atoms with Crippen LogP contribution in [0.2, 0.25) is 0 Å². The molecule has 1 aliphatic rings. The second-order valence-corrected chi connectivity index (χ2v) is 10.2. The van der Waals surface area contributed by atoms with Crippen LogP contribution in [0.5, 0.6) is 11.5 Å². The molecule has 3 aromatic carbocycles. The fourth-order valence-electron chi connectivity index (χ4n) is 4.14. The van der Waals surface area contributed by atoms with Gasteiger partial charge in [-0.15, -0.1) is 0 Å². The molecule has 0 aliphatic carbocycles. The predicted molar refractivity (Wildman–Crippen MR) is 141 cm³/mol. The highest BCUT2D eigenvalue weighted by Crippen LogP contribution is 2.24. The van der Waals surface area contributed by atoms with Crippen molar-refractivity contribution in [2.24, 2.45) is 0 Å². The van der Waals surface area contributed by atoms with E-state index in [1.807, 2.05) is 24.3 Å². The number of carbonyl (C=O) groups is 1. The van der Waals surface area contributed by atoms with E-state index in [9.17, 15) is 13.2 Å². The molecule has 0 saturated carbocycles. The molecule has 10 heteroatoms. The van der Waals surface area contributed by atoms with Crippen LogP contribution in [-0.2, 0) is 14.8 Å². The summed E-state index contributed by atoms with van der Waals surface area (Å²) in [6.45, 7) is 3.10. The zero-order valence-corrected chi connectivity index (χ0v) is 21.7. The molecule has 196 valence electrons. The summed E-state index contributed by atoms with van der Waals surface area (Å²) in [7, 11) is -0.734. The third kappa shape index (κ3) is 6.79. The largest absolute Gasteiger partial charge is 0.497 e. The number of nitrogens with one attached hydrogen (secondary N) is 2. The van der Waals surface area contributed by atoms with E-state index in [0.717, 1.165) is 24.4 Å². The standard InChI is InChI=1S/C27H31N3O6S/c1-34-23-10-6-20(7-11-23)26(30-14-16-36-17-15-30)19-28-27(31)21-4-3-5-25(18-21)37(32,33)29-22-8-12-24(35-2)13-9-22/h3-13,18,26,29H,14-17,19H2,1-2H3,(H,28,31)/t26-/m1/s1. The lowest BCUT2D eigenvalue weighted by Gasteiger charge is -2.35. The number of carbonyl (C=O) groups excluding carboxylic acids is 1. The van der Waals surface area contributed by atoms with Crippen molar-refractivity contribution in [3.8, 4) is 11.5 Å². The van der Waals surface area contributed by atoms with Crippen molar-refractivity contribution < 1.29 is 27.4 Å². The number of nitrogens with zero attached hydrogens (tertiary/aromatic N) is 1. The summed E-state index contributed by atoms with van der Waals surface area (Å²) in [5.41, 5.74) is 1.69. The molecule has 2 N–H and O–H groups in total. The van der Waals surface area contributed by atoms with E-state index in [1.165, 1.54) is 19.2 Å². The minimum Gasteiger partial charge on any atom is -0.497 e. The van der Waals surface area contributed by atoms with Crippen molar-refractivity contribution in [2.75, 3.05) is 51.8 Å². The van der Waals surface area contributed by atoms with Gasteiger partial charge in [-0.25, -0.2) is 8.42 Å². The van der Waals surface area contributed by atoms with Gasteiger partial charge in [0.2, 0.25) is 0 Å². The zero-order valence-electron chi connectivity index (χ0n) is 20.8. The van der Waals surface area contributed by atoms with Crippen molar-refractivity contribution in [3.63, 3.8) is 0 Å². The van der Waals surface area contributed by atoms with Crippen molar-refractivity contribution in [3.05, 3.63) is 83.9 Å². The third-order valence-corrected chi connectivity index (χ3v) is 7.57. The number of hydrogen-bond donors (Lipinski definition) is 2. The van der Waals surface area contributed by atoms with Gasteiger partial charge in [0.25, 0.3) is 15.9 Å². The molecule has 1 heterocycles. The topological polar surface area (TPSA) is 106 Å². The Kier molecular flexibility index (Phi) is 8.65. The van der Waals surface area contributed by atoms with Crippen molar-refractivity contribution in [1.82, 2.24) is 10.2 Å². The van der Waals surface area contributed by atoms with Crippen LogP contribution in [0.1, 0.15) is 22.0 Å². The van der Waals surface area contributed by atoms with Crippen LogP contribution in [0.3, 0.4) is 0 Å². The van der Waals surface area contributed by atoms with Crippen molar-refractivity contribution in [2.45, 2.75) is 10.9 Å². The quantitative estimate of drug-likeness (QED) is 0.418. The molecule has 9 nitrogen and oxygen atoms in total. The normalized spacial score (nSPS) is 15.0. The second-order valence-electron chi connectivity index (χ2n) is 8.51. The molecule has 1 aliphatic heterocycles. The molecule has 0 radical (unpaired) electrons. The average Bonchev–Trinajstić information content (AvgIpc) is 2.94. The van der Waals surface area contributed by atoms with Gasteiger partial charge < -0.3 is 19.5 Å². The van der Waals surface area contributed by atoms with Crippen molar-refractivity contribution in [1.29, 1.82) is 0 Å². The van der Waals surface area contributed by atoms with Gasteiger partial charge >= 0.3 is 0 Å². The summed E-state index contributed by atoms with van der Waals surface area (Å²) in [6, 6.07) is 20.2. The molecular formula is C27H31N3O6S. The number of methoxy groups -OCH3 is 2. The molecule has 1 atom stereocenters. The first-order valence-corrected chi connectivity index (χ1v) is 13.4. The Balaban J connectivity index is 1.47. The summed E-state index contributed by atoms with van der Waals surface area (Å²) in [4.78, 5) is 15.3. The lowest BCUT2D eigenvalue weighted by molar-refractivity contribution is 0.0162. The fourth-order valence-corrected chi connectivity index (χ4v) is 5.25. The maximum atomic E-state index is 13.1. The number of morpholine rings is 1. The van der Waals surface area contributed by atoms with E-state index in [4.69, 9.17) is 14.2 Å². The van der Waals surface area contributed by atoms with E-state index in [1.54, 1.807) is 43.5 Å². The summed E-state index contributed by atoms with van der Waals surface area (Å²) >= 11 is 0. The second kappa shape index (κ2) is 12.1. The number of rotatable bonds is 10. The molecule has 4 rings (SSSR count). The highest BCUT2D eigenvalue weighted by molar-refractivity contribution is 7.92. The number of sulfonamides is 1. The highest BCUT2D eigenvalue weighted by Gasteiger charge is 2.24. The van der Waals surface area contributed by atoms with Crippen LogP contribution in [0.15, 0.2) is 77.7 Å². The molecule has 3 aromatic rings. The number of benzene rings is 3. The number of anilines is 1. The lowest BCUT2D eigenvalue weighted by Crippen LogP contribution is -2.43. The summed E-state index contributed by atoms with van der Waals surface area (Å²) in [6.07, 6.45) is 0. The van der Waals surface area contributed by atoms with Crippen LogP contribution in [-0.4, -0.2) is 66.3 Å². The Morgan fingerprint density at radius 3 is 2.19 bits per heavy atom. The van der Waals surface area contributed by atoms with Gasteiger partial charge in [-0.05, 0) is 60.2 Å². The maximum absolute atomic E-state index is 13.1. The van der Waals surface area contributed by atoms with Gasteiger partial charge in [0.05, 0.1) is 38.4 Å². The molecule has 1 saturated heterocycles. The summed E-state index contributed by atoms with van der Waals surface area (Å²) in [5, 5.41) is 2.98. The summed E-state index contributed by atoms with van der Waals surface area (Å²) < 4.78 is 44.3. The molecule has 0 spiro atoms. The van der Waals surface area contributed by atoms with Gasteiger partial charge in [0, 0.05) is 30.9 Å². The number of ether oxygens (including phenoxy) is 3. The van der Waals surface area contributed by atoms with E-state index < -0.39 is 10.0 Å². The Bertz CT molecular complexity index is 1290. The van der Waals surface area contributed by atoms with E-state index in [0.29, 0.717) is 31.2 Å². The molecule has 1 amide bonds. The van der Waals surface area contributed by atoms with E-state index >= 15 is 0 Å². The first-order chi connectivity index (χ1) is 17.9. The van der Waals surface area contributed by atoms with Crippen molar-refractivity contribution >= 4 is 21.6 Å². The predicted octanol–water partition coefficient (Wildman–Crippen LogP) is 3.31. The molecule has 0 unspecified atom stereocenters. The summed E-state index contributed by atoms with van der Waals surface area (Å²) in [5.74, 6) is 1.02. The van der Waals surface area contributed by atoms with Gasteiger partial charge in [-0.2, -0.15) is 0 Å². The van der Waals surface area contributed by atoms with Crippen LogP contribution >= 0.6 is 0 Å². The monoisotopic (exact) mass is 525 g/mol. The van der Waals surface area contributed by atoms with Crippen LogP contribution in [0.25, 0.3) is 0 Å². The van der Waals surface area contributed by atoms with Gasteiger partial charge in [-0.3, -0.25) is 14.4 Å². The SMILES string of the molecule is COc1ccc(NS(=O)(=O)c2cccc(C(=O)NC[C@H](c3ccc(OC)cc3)N3CCOCC3)c2)cc1. The zero-order chi connectivity index (χ0) is 26.3. The van der Waals surface area contributed by atoms with E-state index in [2.05, 4.69) is 14.9 Å². The fraction of sp³-hybridized carbons (Fsp3) is 0.296. The molecule has 1 fully saturated rings. The minimum absolute atomic E-state index is 0.00384. The molecule has 0 aromatic heterocycles. The smallest absolute Gasteiger partial charge is 0.261 e. The van der Waals surface area contributed by atoms with Crippen LogP contribution in [0, 0.1) is 0 Å². The first kappa shape index (κ1) is 26.5. The highest BCUT2D eigenvalue weighted by atomic mass is 32.2. The molecular weight excluding hydrogens is 494 g/mol. The van der Waals surface area contributed by atoms with Crippen LogP contribution in [0.4, 0.5) is 5.69 Å². The average molecular weight is 526 g/mol. The Morgan fingerprint density at radius 1 is 0.946 bits per heavy atom. The Labute approximate surface area is 217 Å². The molecule has 0 bridgehead atoms. The van der Waals surface area contributed by atoms with Crippen LogP contribution < -0.4 is 19.5 Å². The lowest BCUT2D eigenvalue weighted by atomic mass is 10.0. The van der Waals surface area contributed by atoms with Gasteiger partial charge in [0.15, 0.2) is 0 Å². The third-order valence-electron chi connectivity index (χ3n) is 6.19.